The van der Waals surface area contributed by atoms with Gasteiger partial charge in [0.15, 0.2) is 0 Å². The van der Waals surface area contributed by atoms with Gasteiger partial charge in [0.2, 0.25) is 0 Å². The minimum Gasteiger partial charge on any atom is -0.381 e. The molecule has 2 aromatic rings. The third-order valence-corrected chi connectivity index (χ3v) is 4.13. The Hall–Kier alpha value is -1.60. The van der Waals surface area contributed by atoms with E-state index in [-0.39, 0.29) is 0 Å². The van der Waals surface area contributed by atoms with E-state index in [1.165, 1.54) is 11.1 Å². The van der Waals surface area contributed by atoms with Gasteiger partial charge in [0.05, 0.1) is 0 Å². The zero-order chi connectivity index (χ0) is 14.9. The van der Waals surface area contributed by atoms with E-state index in [4.69, 9.17) is 4.74 Å². The van der Waals surface area contributed by atoms with Crippen LogP contribution in [-0.4, -0.2) is 13.2 Å². The normalized spacial score (nSPS) is 13.8. The smallest absolute Gasteiger partial charge is 0.0471 e. The van der Waals surface area contributed by atoms with Crippen LogP contribution >= 0.6 is 0 Å². The van der Waals surface area contributed by atoms with Gasteiger partial charge in [-0.25, -0.2) is 0 Å². The average Bonchev–Trinajstić information content (AvgIpc) is 2.55. The summed E-state index contributed by atoms with van der Waals surface area (Å²) < 4.78 is 5.82. The van der Waals surface area contributed by atoms with Crippen LogP contribution in [0.4, 0.5) is 0 Å². The molecule has 2 rings (SSSR count). The van der Waals surface area contributed by atoms with Crippen molar-refractivity contribution < 1.29 is 4.74 Å². The molecule has 112 valence electrons. The van der Waals surface area contributed by atoms with Crippen molar-refractivity contribution in [3.63, 3.8) is 0 Å². The molecule has 0 saturated heterocycles. The van der Waals surface area contributed by atoms with Crippen LogP contribution in [0.2, 0.25) is 0 Å². The van der Waals surface area contributed by atoms with Crippen molar-refractivity contribution in [2.75, 3.05) is 13.2 Å². The summed E-state index contributed by atoms with van der Waals surface area (Å²) in [4.78, 5) is 0. The lowest BCUT2D eigenvalue weighted by molar-refractivity contribution is 0.122. The Morgan fingerprint density at radius 1 is 0.667 bits per heavy atom. The molecule has 2 aromatic carbocycles. The summed E-state index contributed by atoms with van der Waals surface area (Å²) in [6.45, 7) is 6.23. The van der Waals surface area contributed by atoms with E-state index in [1.54, 1.807) is 0 Å². The van der Waals surface area contributed by atoms with E-state index < -0.39 is 0 Å². The van der Waals surface area contributed by atoms with Crippen LogP contribution in [0.5, 0.6) is 0 Å². The van der Waals surface area contributed by atoms with Crippen LogP contribution in [0.25, 0.3) is 0 Å². The van der Waals surface area contributed by atoms with Crippen molar-refractivity contribution in [2.45, 2.75) is 38.5 Å². The molecule has 21 heavy (non-hydrogen) atoms. The number of rotatable bonds is 8. The predicted octanol–water partition coefficient (Wildman–Crippen LogP) is 5.39. The van der Waals surface area contributed by atoms with E-state index in [0.29, 0.717) is 11.8 Å². The first-order valence-corrected chi connectivity index (χ1v) is 7.95. The van der Waals surface area contributed by atoms with Crippen molar-refractivity contribution in [2.24, 2.45) is 0 Å². The monoisotopic (exact) mass is 282 g/mol. The first kappa shape index (κ1) is 15.8. The minimum atomic E-state index is 0.567. The van der Waals surface area contributed by atoms with Crippen LogP contribution in [0.3, 0.4) is 0 Å². The summed E-state index contributed by atoms with van der Waals surface area (Å²) in [7, 11) is 0. The molecule has 1 nitrogen and oxygen atoms in total. The standard InChI is InChI=1S/C20H26O/c1-17(19-9-5-3-6-10-19)13-15-21-16-14-18(2)20-11-7-4-8-12-20/h3-12,17-18H,13-16H2,1-2H3. The highest BCUT2D eigenvalue weighted by atomic mass is 16.5. The molecule has 0 aliphatic heterocycles. The molecule has 1 heteroatoms. The summed E-state index contributed by atoms with van der Waals surface area (Å²) in [6.07, 6.45) is 2.17. The zero-order valence-corrected chi connectivity index (χ0v) is 13.2. The first-order chi connectivity index (χ1) is 10.3. The van der Waals surface area contributed by atoms with Gasteiger partial charge in [-0.2, -0.15) is 0 Å². The fourth-order valence-corrected chi connectivity index (χ4v) is 2.52. The average molecular weight is 282 g/mol. The van der Waals surface area contributed by atoms with Gasteiger partial charge in [0, 0.05) is 13.2 Å². The molecule has 0 aliphatic rings. The van der Waals surface area contributed by atoms with Crippen molar-refractivity contribution in [1.82, 2.24) is 0 Å². The summed E-state index contributed by atoms with van der Waals surface area (Å²) >= 11 is 0. The molecular weight excluding hydrogens is 256 g/mol. The summed E-state index contributed by atoms with van der Waals surface area (Å²) in [6, 6.07) is 21.3. The molecule has 0 radical (unpaired) electrons. The highest BCUT2D eigenvalue weighted by Crippen LogP contribution is 2.20. The fourth-order valence-electron chi connectivity index (χ4n) is 2.52. The Kier molecular flexibility index (Phi) is 6.49. The van der Waals surface area contributed by atoms with E-state index >= 15 is 0 Å². The van der Waals surface area contributed by atoms with Gasteiger partial charge in [-0.1, -0.05) is 74.5 Å². The second-order valence-corrected chi connectivity index (χ2v) is 5.81. The first-order valence-electron chi connectivity index (χ1n) is 7.95. The van der Waals surface area contributed by atoms with Crippen LogP contribution in [0.1, 0.15) is 49.7 Å². The molecule has 2 unspecified atom stereocenters. The molecule has 0 aromatic heterocycles. The second-order valence-electron chi connectivity index (χ2n) is 5.81. The molecule has 0 spiro atoms. The molecule has 0 fully saturated rings. The third kappa shape index (κ3) is 5.35. The molecule has 0 saturated carbocycles. The lowest BCUT2D eigenvalue weighted by Crippen LogP contribution is -2.05. The lowest BCUT2D eigenvalue weighted by atomic mass is 9.98. The van der Waals surface area contributed by atoms with Crippen molar-refractivity contribution >= 4 is 0 Å². The quantitative estimate of drug-likeness (QED) is 0.590. The number of benzene rings is 2. The molecule has 0 amide bonds. The maximum Gasteiger partial charge on any atom is 0.0471 e. The zero-order valence-electron chi connectivity index (χ0n) is 13.2. The van der Waals surface area contributed by atoms with Gasteiger partial charge in [-0.15, -0.1) is 0 Å². The maximum atomic E-state index is 5.82. The number of hydrogen-bond donors (Lipinski definition) is 0. The highest BCUT2D eigenvalue weighted by Gasteiger charge is 2.06. The molecule has 0 bridgehead atoms. The Bertz CT molecular complexity index is 444. The maximum absolute atomic E-state index is 5.82. The van der Waals surface area contributed by atoms with Gasteiger partial charge in [-0.3, -0.25) is 0 Å². The van der Waals surface area contributed by atoms with Gasteiger partial charge in [0.1, 0.15) is 0 Å². The lowest BCUT2D eigenvalue weighted by Gasteiger charge is -2.14. The Balaban J connectivity index is 1.62. The Morgan fingerprint density at radius 3 is 1.43 bits per heavy atom. The van der Waals surface area contributed by atoms with Crippen LogP contribution in [0.15, 0.2) is 60.7 Å². The topological polar surface area (TPSA) is 9.23 Å². The Labute approximate surface area is 129 Å². The van der Waals surface area contributed by atoms with Crippen LogP contribution in [0, 0.1) is 0 Å². The van der Waals surface area contributed by atoms with Gasteiger partial charge >= 0.3 is 0 Å². The van der Waals surface area contributed by atoms with E-state index in [9.17, 15) is 0 Å². The van der Waals surface area contributed by atoms with Gasteiger partial charge < -0.3 is 4.74 Å². The van der Waals surface area contributed by atoms with E-state index in [0.717, 1.165) is 26.1 Å². The fraction of sp³-hybridized carbons (Fsp3) is 0.400. The highest BCUT2D eigenvalue weighted by molar-refractivity contribution is 5.19. The largest absolute Gasteiger partial charge is 0.381 e. The predicted molar refractivity (Wildman–Crippen MR) is 89.8 cm³/mol. The van der Waals surface area contributed by atoms with Crippen molar-refractivity contribution in [1.29, 1.82) is 0 Å². The molecular formula is C20H26O. The summed E-state index contributed by atoms with van der Waals surface area (Å²) in [5.41, 5.74) is 2.80. The molecule has 0 N–H and O–H groups in total. The summed E-state index contributed by atoms with van der Waals surface area (Å²) in [5, 5.41) is 0. The molecule has 0 aliphatic carbocycles. The molecule has 2 atom stereocenters. The van der Waals surface area contributed by atoms with Crippen molar-refractivity contribution in [3.05, 3.63) is 71.8 Å². The third-order valence-electron chi connectivity index (χ3n) is 4.13. The number of ether oxygens (including phenoxy) is 1. The molecule has 0 heterocycles. The number of hydrogen-bond acceptors (Lipinski definition) is 1. The van der Waals surface area contributed by atoms with Crippen LogP contribution in [-0.2, 0) is 4.74 Å². The van der Waals surface area contributed by atoms with E-state index in [1.807, 2.05) is 0 Å². The minimum absolute atomic E-state index is 0.567. The van der Waals surface area contributed by atoms with Gasteiger partial charge in [-0.05, 0) is 35.8 Å². The van der Waals surface area contributed by atoms with E-state index in [2.05, 4.69) is 74.5 Å². The summed E-state index contributed by atoms with van der Waals surface area (Å²) in [5.74, 6) is 1.13. The van der Waals surface area contributed by atoms with Gasteiger partial charge in [0.25, 0.3) is 0 Å². The van der Waals surface area contributed by atoms with Crippen LogP contribution < -0.4 is 0 Å². The van der Waals surface area contributed by atoms with Crippen molar-refractivity contribution in [3.8, 4) is 0 Å². The second kappa shape index (κ2) is 8.63. The Morgan fingerprint density at radius 2 is 1.05 bits per heavy atom. The SMILES string of the molecule is CC(CCOCCC(C)c1ccccc1)c1ccccc1.